The normalized spacial score (nSPS) is 17.4. The highest BCUT2D eigenvalue weighted by molar-refractivity contribution is 7.90. The molecule has 11 nitrogen and oxygen atoms in total. The van der Waals surface area contributed by atoms with E-state index in [0.29, 0.717) is 40.5 Å². The van der Waals surface area contributed by atoms with Crippen LogP contribution in [0.4, 0.5) is 5.82 Å². The van der Waals surface area contributed by atoms with Gasteiger partial charge in [-0.05, 0) is 61.9 Å². The molecule has 2 atom stereocenters. The van der Waals surface area contributed by atoms with Crippen LogP contribution in [0.3, 0.4) is 0 Å². The highest BCUT2D eigenvalue weighted by Crippen LogP contribution is 2.24. The van der Waals surface area contributed by atoms with Gasteiger partial charge in [0.25, 0.3) is 5.91 Å². The third-order valence-corrected chi connectivity index (χ3v) is 8.01. The number of carbonyl (C=O) groups excluding carboxylic acids is 1. The number of carbonyl (C=O) groups is 2. The first-order valence-corrected chi connectivity index (χ1v) is 14.8. The molecular formula is C29H29N5O6S. The van der Waals surface area contributed by atoms with Crippen LogP contribution in [0.2, 0.25) is 0 Å². The van der Waals surface area contributed by atoms with E-state index in [-0.39, 0.29) is 29.7 Å². The third-order valence-electron chi connectivity index (χ3n) is 6.77. The van der Waals surface area contributed by atoms with E-state index >= 15 is 0 Å². The number of ether oxygens (including phenoxy) is 1. The zero-order chi connectivity index (χ0) is 29.3. The molecule has 41 heavy (non-hydrogen) atoms. The second kappa shape index (κ2) is 11.2. The number of aryl methyl sites for hydroxylation is 1. The van der Waals surface area contributed by atoms with Crippen molar-refractivity contribution in [3.8, 4) is 11.4 Å². The van der Waals surface area contributed by atoms with Crippen molar-refractivity contribution in [2.24, 2.45) is 0 Å². The number of anilines is 1. The Labute approximate surface area is 237 Å². The molecule has 12 heteroatoms. The number of nitrogens with one attached hydrogen (secondary N) is 1. The first-order valence-electron chi connectivity index (χ1n) is 12.9. The molecule has 1 aliphatic rings. The molecule has 1 aromatic carbocycles. The van der Waals surface area contributed by atoms with Crippen LogP contribution in [0.15, 0.2) is 65.7 Å². The SMILES string of the molecule is Cc1ccc(C(=O)NCc2cc3nc(-c4cccc(N5CC(C)OC(C(=O)O)C5)n4)ccc3cn2)cc1S(C)(=O)=O. The van der Waals surface area contributed by atoms with Crippen LogP contribution >= 0.6 is 0 Å². The number of benzene rings is 1. The number of amides is 1. The summed E-state index contributed by atoms with van der Waals surface area (Å²) >= 11 is 0. The van der Waals surface area contributed by atoms with Crippen LogP contribution in [-0.4, -0.2) is 71.9 Å². The van der Waals surface area contributed by atoms with Gasteiger partial charge in [-0.2, -0.15) is 0 Å². The average Bonchev–Trinajstić information content (AvgIpc) is 2.94. The van der Waals surface area contributed by atoms with Crippen LogP contribution in [-0.2, 0) is 25.9 Å². The minimum Gasteiger partial charge on any atom is -0.479 e. The predicted octanol–water partition coefficient (Wildman–Crippen LogP) is 3.01. The molecule has 0 bridgehead atoms. The fourth-order valence-corrected chi connectivity index (χ4v) is 5.72. The maximum absolute atomic E-state index is 12.7. The zero-order valence-electron chi connectivity index (χ0n) is 22.7. The molecule has 1 aliphatic heterocycles. The minimum absolute atomic E-state index is 0.119. The molecule has 2 N–H and O–H groups in total. The Morgan fingerprint density at radius 3 is 2.61 bits per heavy atom. The van der Waals surface area contributed by atoms with E-state index in [1.165, 1.54) is 6.07 Å². The topological polar surface area (TPSA) is 152 Å². The monoisotopic (exact) mass is 575 g/mol. The van der Waals surface area contributed by atoms with Gasteiger partial charge in [0.1, 0.15) is 5.82 Å². The summed E-state index contributed by atoms with van der Waals surface area (Å²) in [7, 11) is -3.46. The Kier molecular flexibility index (Phi) is 7.70. The summed E-state index contributed by atoms with van der Waals surface area (Å²) in [6, 6.07) is 15.6. The fraction of sp³-hybridized carbons (Fsp3) is 0.276. The Balaban J connectivity index is 1.34. The number of hydrogen-bond acceptors (Lipinski definition) is 9. The molecule has 0 radical (unpaired) electrons. The van der Waals surface area contributed by atoms with Crippen molar-refractivity contribution >= 4 is 38.4 Å². The Bertz CT molecular complexity index is 1760. The van der Waals surface area contributed by atoms with Crippen molar-refractivity contribution in [3.63, 3.8) is 0 Å². The summed E-state index contributed by atoms with van der Waals surface area (Å²) in [4.78, 5) is 40.2. The molecule has 1 saturated heterocycles. The Morgan fingerprint density at radius 2 is 1.85 bits per heavy atom. The number of carboxylic acid groups (broad SMARTS) is 1. The van der Waals surface area contributed by atoms with Gasteiger partial charge in [0.2, 0.25) is 0 Å². The molecule has 2 unspecified atom stereocenters. The molecule has 1 fully saturated rings. The van der Waals surface area contributed by atoms with Crippen molar-refractivity contribution in [2.75, 3.05) is 24.2 Å². The molecule has 4 heterocycles. The van der Waals surface area contributed by atoms with Crippen molar-refractivity contribution < 1.29 is 27.9 Å². The summed E-state index contributed by atoms with van der Waals surface area (Å²) in [6.45, 7) is 4.35. The number of hydrogen-bond donors (Lipinski definition) is 2. The predicted molar refractivity (Wildman–Crippen MR) is 152 cm³/mol. The lowest BCUT2D eigenvalue weighted by Crippen LogP contribution is -2.50. The van der Waals surface area contributed by atoms with Gasteiger partial charge in [0, 0.05) is 29.9 Å². The summed E-state index contributed by atoms with van der Waals surface area (Å²) in [5.74, 6) is -0.784. The standard InChI is InChI=1S/C29H29N5O6S/c1-17-7-8-19(11-26(17)41(3,38)39)28(35)31-14-21-12-24-20(13-30-21)9-10-23(32-24)22-5-4-6-27(33-22)34-15-18(2)40-25(16-34)29(36)37/h4-13,18,25H,14-16H2,1-3H3,(H,31,35)(H,36,37). The first-order chi connectivity index (χ1) is 19.5. The van der Waals surface area contributed by atoms with Crippen molar-refractivity contribution in [2.45, 2.75) is 37.5 Å². The molecule has 212 valence electrons. The Hall–Kier alpha value is -4.42. The molecule has 5 rings (SSSR count). The van der Waals surface area contributed by atoms with Crippen molar-refractivity contribution in [1.82, 2.24) is 20.3 Å². The van der Waals surface area contributed by atoms with E-state index in [0.717, 1.165) is 11.6 Å². The summed E-state index contributed by atoms with van der Waals surface area (Å²) in [6.07, 6.45) is 1.60. The van der Waals surface area contributed by atoms with E-state index in [2.05, 4.69) is 10.3 Å². The number of aromatic nitrogens is 3. The number of aliphatic carboxylic acids is 1. The molecule has 0 spiro atoms. The highest BCUT2D eigenvalue weighted by atomic mass is 32.2. The molecule has 0 saturated carbocycles. The lowest BCUT2D eigenvalue weighted by Gasteiger charge is -2.35. The third kappa shape index (κ3) is 6.34. The average molecular weight is 576 g/mol. The summed E-state index contributed by atoms with van der Waals surface area (Å²) in [5.41, 5.74) is 3.32. The van der Waals surface area contributed by atoms with Gasteiger partial charge in [-0.25, -0.2) is 23.2 Å². The van der Waals surface area contributed by atoms with Crippen LogP contribution in [0.1, 0.15) is 28.5 Å². The van der Waals surface area contributed by atoms with Crippen LogP contribution < -0.4 is 10.2 Å². The van der Waals surface area contributed by atoms with Crippen molar-refractivity contribution in [1.29, 1.82) is 0 Å². The lowest BCUT2D eigenvalue weighted by atomic mass is 10.1. The van der Waals surface area contributed by atoms with Gasteiger partial charge in [0.15, 0.2) is 15.9 Å². The minimum atomic E-state index is -3.46. The second-order valence-corrected chi connectivity index (χ2v) is 12.0. The van der Waals surface area contributed by atoms with Gasteiger partial charge < -0.3 is 20.1 Å². The number of fused-ring (bicyclic) bond motifs is 1. The van der Waals surface area contributed by atoms with Gasteiger partial charge >= 0.3 is 5.97 Å². The van der Waals surface area contributed by atoms with Gasteiger partial charge in [-0.3, -0.25) is 9.78 Å². The number of pyridine rings is 3. The smallest absolute Gasteiger partial charge is 0.334 e. The summed E-state index contributed by atoms with van der Waals surface area (Å²) in [5, 5.41) is 13.0. The van der Waals surface area contributed by atoms with Crippen LogP contribution in [0, 0.1) is 6.92 Å². The maximum atomic E-state index is 12.7. The largest absolute Gasteiger partial charge is 0.479 e. The first kappa shape index (κ1) is 28.1. The van der Waals surface area contributed by atoms with E-state index < -0.39 is 27.8 Å². The zero-order valence-corrected chi connectivity index (χ0v) is 23.6. The number of carboxylic acids is 1. The van der Waals surface area contributed by atoms with Gasteiger partial charge in [-0.15, -0.1) is 0 Å². The highest BCUT2D eigenvalue weighted by Gasteiger charge is 2.31. The van der Waals surface area contributed by atoms with Gasteiger partial charge in [0.05, 0.1) is 46.7 Å². The molecule has 0 aliphatic carbocycles. The molecular weight excluding hydrogens is 546 g/mol. The van der Waals surface area contributed by atoms with E-state index in [1.54, 1.807) is 31.3 Å². The molecule has 4 aromatic rings. The van der Waals surface area contributed by atoms with E-state index in [4.69, 9.17) is 14.7 Å². The number of morpholine rings is 1. The van der Waals surface area contributed by atoms with Crippen LogP contribution in [0.25, 0.3) is 22.3 Å². The number of nitrogens with zero attached hydrogens (tertiary/aromatic N) is 4. The molecule has 3 aromatic heterocycles. The van der Waals surface area contributed by atoms with Crippen molar-refractivity contribution in [3.05, 3.63) is 77.6 Å². The van der Waals surface area contributed by atoms with E-state index in [1.807, 2.05) is 42.2 Å². The quantitative estimate of drug-likeness (QED) is 0.336. The summed E-state index contributed by atoms with van der Waals surface area (Å²) < 4.78 is 29.6. The van der Waals surface area contributed by atoms with E-state index in [9.17, 15) is 23.1 Å². The fourth-order valence-electron chi connectivity index (χ4n) is 4.73. The molecule has 1 amide bonds. The van der Waals surface area contributed by atoms with Gasteiger partial charge in [-0.1, -0.05) is 12.1 Å². The second-order valence-electron chi connectivity index (χ2n) is 10.1. The lowest BCUT2D eigenvalue weighted by molar-refractivity contribution is -0.154. The number of sulfone groups is 1. The Morgan fingerprint density at radius 1 is 1.07 bits per heavy atom. The number of rotatable bonds is 7. The maximum Gasteiger partial charge on any atom is 0.334 e. The van der Waals surface area contributed by atoms with Crippen LogP contribution in [0.5, 0.6) is 0 Å².